The van der Waals surface area contributed by atoms with Crippen molar-refractivity contribution in [3.63, 3.8) is 0 Å². The van der Waals surface area contributed by atoms with E-state index in [0.717, 1.165) is 12.8 Å². The normalized spacial score (nSPS) is 22.9. The molecule has 9 heteroatoms. The number of anilines is 1. The van der Waals surface area contributed by atoms with Crippen LogP contribution in [0.1, 0.15) is 43.5 Å². The van der Waals surface area contributed by atoms with Gasteiger partial charge in [-0.3, -0.25) is 9.59 Å². The molecule has 0 radical (unpaired) electrons. The summed E-state index contributed by atoms with van der Waals surface area (Å²) < 4.78 is 18.6. The van der Waals surface area contributed by atoms with Crippen molar-refractivity contribution in [3.8, 4) is 5.75 Å². The van der Waals surface area contributed by atoms with Crippen LogP contribution in [0.3, 0.4) is 0 Å². The first-order valence-electron chi connectivity index (χ1n) is 12.0. The topological polar surface area (TPSA) is 113 Å². The van der Waals surface area contributed by atoms with E-state index in [1.165, 1.54) is 0 Å². The van der Waals surface area contributed by atoms with Gasteiger partial charge in [-0.1, -0.05) is 18.2 Å². The molecular formula is C26H29N3O6. The molecule has 1 aromatic heterocycles. The van der Waals surface area contributed by atoms with Crippen LogP contribution in [0.4, 0.5) is 5.69 Å². The van der Waals surface area contributed by atoms with Gasteiger partial charge in [0.2, 0.25) is 11.8 Å². The van der Waals surface area contributed by atoms with Crippen molar-refractivity contribution in [3.05, 3.63) is 69.0 Å². The fourth-order valence-electron chi connectivity index (χ4n) is 5.60. The highest BCUT2D eigenvalue weighted by atomic mass is 16.5. The number of rotatable bonds is 5. The second kappa shape index (κ2) is 8.57. The van der Waals surface area contributed by atoms with Crippen LogP contribution in [-0.4, -0.2) is 42.3 Å². The Morgan fingerprint density at radius 2 is 2.03 bits per heavy atom. The third-order valence-electron chi connectivity index (χ3n) is 7.06. The fourth-order valence-corrected chi connectivity index (χ4v) is 5.60. The Bertz CT molecular complexity index is 1310. The first kappa shape index (κ1) is 23.2. The van der Waals surface area contributed by atoms with Crippen molar-refractivity contribution in [2.24, 2.45) is 5.73 Å². The molecule has 2 aromatic rings. The number of fused-ring (bicyclic) bond motifs is 4. The van der Waals surface area contributed by atoms with Crippen LogP contribution in [0, 0.1) is 6.92 Å². The van der Waals surface area contributed by atoms with Gasteiger partial charge >= 0.3 is 5.97 Å². The number of pyridine rings is 1. The number of hydrogen-bond donors (Lipinski definition) is 1. The van der Waals surface area contributed by atoms with Gasteiger partial charge in [0.1, 0.15) is 16.7 Å². The van der Waals surface area contributed by atoms with E-state index in [9.17, 15) is 14.4 Å². The Kier molecular flexibility index (Phi) is 5.67. The number of nitrogens with zero attached hydrogens (tertiary/aromatic N) is 2. The lowest BCUT2D eigenvalue weighted by Gasteiger charge is -2.36. The van der Waals surface area contributed by atoms with Crippen molar-refractivity contribution in [2.75, 3.05) is 24.7 Å². The summed E-state index contributed by atoms with van der Waals surface area (Å²) >= 11 is 0. The van der Waals surface area contributed by atoms with Crippen molar-refractivity contribution in [1.29, 1.82) is 0 Å². The number of hydrogen-bond acceptors (Lipinski definition) is 7. The van der Waals surface area contributed by atoms with Gasteiger partial charge in [0.05, 0.1) is 24.8 Å². The summed E-state index contributed by atoms with van der Waals surface area (Å²) in [5, 5.41) is 0. The Morgan fingerprint density at radius 1 is 1.26 bits per heavy atom. The van der Waals surface area contributed by atoms with Crippen LogP contribution in [0.25, 0.3) is 0 Å². The van der Waals surface area contributed by atoms with Gasteiger partial charge < -0.3 is 29.4 Å². The summed E-state index contributed by atoms with van der Waals surface area (Å²) in [7, 11) is 0. The highest BCUT2D eigenvalue weighted by Gasteiger charge is 2.62. The second-order valence-corrected chi connectivity index (χ2v) is 8.95. The van der Waals surface area contributed by atoms with E-state index in [-0.39, 0.29) is 35.5 Å². The first-order chi connectivity index (χ1) is 16.9. The van der Waals surface area contributed by atoms with Crippen molar-refractivity contribution in [1.82, 2.24) is 4.57 Å². The quantitative estimate of drug-likeness (QED) is 0.654. The molecular weight excluding hydrogens is 450 g/mol. The average molecular weight is 480 g/mol. The molecule has 2 N–H and O–H groups in total. The molecule has 3 aliphatic heterocycles. The number of carbonyl (C=O) groups excluding carboxylic acids is 2. The number of benzene rings is 1. The van der Waals surface area contributed by atoms with Crippen LogP contribution < -0.4 is 20.9 Å². The molecule has 35 heavy (non-hydrogen) atoms. The predicted molar refractivity (Wildman–Crippen MR) is 128 cm³/mol. The molecule has 2 unspecified atom stereocenters. The number of aryl methyl sites for hydroxylation is 1. The lowest BCUT2D eigenvalue weighted by molar-refractivity contribution is -0.141. The summed E-state index contributed by atoms with van der Waals surface area (Å²) in [6.07, 6.45) is 1.60. The standard InChI is InChI=1S/C26H29N3O6/c1-4-28-15(3)13-19-20(23(28)30)26(21(22(27)35-19)24(31)33-5-2)17-10-6-7-11-18(17)29(25(26)32)14-16-9-8-12-34-16/h6-7,10-11,13,16H,4-5,8-9,12,14,27H2,1-3H3. The minimum atomic E-state index is -1.79. The first-order valence-corrected chi connectivity index (χ1v) is 12.0. The molecule has 1 spiro atoms. The monoisotopic (exact) mass is 479 g/mol. The van der Waals surface area contributed by atoms with E-state index in [2.05, 4.69) is 0 Å². The van der Waals surface area contributed by atoms with Crippen molar-refractivity contribution < 1.29 is 23.8 Å². The van der Waals surface area contributed by atoms with Gasteiger partial charge in [-0.15, -0.1) is 0 Å². The number of para-hydroxylation sites is 1. The molecule has 5 rings (SSSR count). The van der Waals surface area contributed by atoms with E-state index >= 15 is 0 Å². The highest BCUT2D eigenvalue weighted by Crippen LogP contribution is 2.54. The van der Waals surface area contributed by atoms with Gasteiger partial charge in [-0.05, 0) is 39.7 Å². The Labute approximate surface area is 203 Å². The summed E-state index contributed by atoms with van der Waals surface area (Å²) in [5.41, 5.74) is 5.82. The minimum Gasteiger partial charge on any atom is -0.462 e. The minimum absolute atomic E-state index is 0.0705. The number of nitrogens with two attached hydrogens (primary N) is 1. The Hall–Kier alpha value is -3.59. The fraction of sp³-hybridized carbons (Fsp3) is 0.423. The smallest absolute Gasteiger partial charge is 0.341 e. The summed E-state index contributed by atoms with van der Waals surface area (Å²) in [6.45, 7) is 6.70. The maximum absolute atomic E-state index is 14.6. The zero-order valence-electron chi connectivity index (χ0n) is 20.1. The molecule has 4 heterocycles. The molecule has 0 bridgehead atoms. The lowest BCUT2D eigenvalue weighted by Crippen LogP contribution is -2.52. The predicted octanol–water partition coefficient (Wildman–Crippen LogP) is 2.11. The van der Waals surface area contributed by atoms with E-state index in [0.29, 0.717) is 36.6 Å². The van der Waals surface area contributed by atoms with Crippen molar-refractivity contribution >= 4 is 17.6 Å². The van der Waals surface area contributed by atoms with E-state index < -0.39 is 22.9 Å². The SMILES string of the molecule is CCOC(=O)C1=C(N)Oc2cc(C)n(CC)c(=O)c2C12C(=O)N(CC1CCCO1)c1ccccc12. The van der Waals surface area contributed by atoms with Crippen LogP contribution in [0.2, 0.25) is 0 Å². The molecule has 184 valence electrons. The molecule has 1 amide bonds. The number of amides is 1. The number of carbonyl (C=O) groups is 2. The van der Waals surface area contributed by atoms with Crippen molar-refractivity contribution in [2.45, 2.75) is 51.7 Å². The number of aromatic nitrogens is 1. The summed E-state index contributed by atoms with van der Waals surface area (Å²) in [5.74, 6) is -1.30. The van der Waals surface area contributed by atoms with Gasteiger partial charge in [0, 0.05) is 36.2 Å². The number of esters is 1. The zero-order valence-corrected chi connectivity index (χ0v) is 20.1. The van der Waals surface area contributed by atoms with E-state index in [1.807, 2.05) is 19.1 Å². The molecule has 3 aliphatic rings. The third-order valence-corrected chi connectivity index (χ3v) is 7.06. The van der Waals surface area contributed by atoms with Crippen LogP contribution in [0.15, 0.2) is 46.6 Å². The van der Waals surface area contributed by atoms with E-state index in [4.69, 9.17) is 19.9 Å². The molecule has 0 aliphatic carbocycles. The summed E-state index contributed by atoms with van der Waals surface area (Å²) in [6, 6.07) is 8.88. The summed E-state index contributed by atoms with van der Waals surface area (Å²) in [4.78, 5) is 43.5. The average Bonchev–Trinajstić information content (AvgIpc) is 3.41. The highest BCUT2D eigenvalue weighted by molar-refractivity contribution is 6.18. The van der Waals surface area contributed by atoms with Gasteiger partial charge in [-0.25, -0.2) is 4.79 Å². The van der Waals surface area contributed by atoms with Gasteiger partial charge in [0.25, 0.3) is 5.56 Å². The van der Waals surface area contributed by atoms with Gasteiger partial charge in [-0.2, -0.15) is 0 Å². The maximum Gasteiger partial charge on any atom is 0.341 e. The van der Waals surface area contributed by atoms with E-state index in [1.54, 1.807) is 41.5 Å². The Morgan fingerprint density at radius 3 is 2.71 bits per heavy atom. The molecule has 1 saturated heterocycles. The molecule has 2 atom stereocenters. The molecule has 1 aromatic carbocycles. The van der Waals surface area contributed by atoms with Gasteiger partial charge in [0.15, 0.2) is 0 Å². The largest absolute Gasteiger partial charge is 0.462 e. The lowest BCUT2D eigenvalue weighted by atomic mass is 9.68. The molecule has 9 nitrogen and oxygen atoms in total. The Balaban J connectivity index is 1.85. The second-order valence-electron chi connectivity index (χ2n) is 8.95. The third kappa shape index (κ3) is 3.21. The van der Waals surface area contributed by atoms with Crippen LogP contribution >= 0.6 is 0 Å². The van der Waals surface area contributed by atoms with Crippen LogP contribution in [-0.2, 0) is 31.0 Å². The number of ether oxygens (including phenoxy) is 3. The molecule has 0 saturated carbocycles. The molecule has 1 fully saturated rings. The van der Waals surface area contributed by atoms with Crippen LogP contribution in [0.5, 0.6) is 5.75 Å². The maximum atomic E-state index is 14.6. The zero-order chi connectivity index (χ0) is 24.9.